The highest BCUT2D eigenvalue weighted by Crippen LogP contribution is 2.34. The van der Waals surface area contributed by atoms with Gasteiger partial charge in [-0.25, -0.2) is 9.97 Å². The van der Waals surface area contributed by atoms with Crippen molar-refractivity contribution in [3.63, 3.8) is 0 Å². The third kappa shape index (κ3) is 1.96. The van der Waals surface area contributed by atoms with Crippen LogP contribution in [-0.2, 0) is 0 Å². The Kier molecular flexibility index (Phi) is 2.99. The normalized spacial score (nSPS) is 20.4. The Bertz CT molecular complexity index is 375. The van der Waals surface area contributed by atoms with Crippen molar-refractivity contribution in [2.45, 2.75) is 39.7 Å². The molecule has 0 aliphatic carbocycles. The Morgan fingerprint density at radius 3 is 2.81 bits per heavy atom. The first kappa shape index (κ1) is 11.2. The second kappa shape index (κ2) is 4.28. The summed E-state index contributed by atoms with van der Waals surface area (Å²) >= 11 is 0. The van der Waals surface area contributed by atoms with Crippen molar-refractivity contribution < 1.29 is 0 Å². The number of hydrogen-bond donors (Lipinski definition) is 2. The third-order valence-electron chi connectivity index (χ3n) is 3.32. The van der Waals surface area contributed by atoms with Crippen molar-refractivity contribution in [1.82, 2.24) is 9.97 Å². The summed E-state index contributed by atoms with van der Waals surface area (Å²) in [6.07, 6.45) is 1.62. The van der Waals surface area contributed by atoms with Crippen LogP contribution >= 0.6 is 0 Å². The van der Waals surface area contributed by atoms with Crippen LogP contribution < -0.4 is 10.6 Å². The largest absolute Gasteiger partial charge is 0.369 e. The molecule has 1 aliphatic rings. The van der Waals surface area contributed by atoms with Crippen LogP contribution in [0, 0.1) is 5.92 Å². The molecule has 0 fully saturated rings. The van der Waals surface area contributed by atoms with Crippen LogP contribution in [0.25, 0.3) is 0 Å². The van der Waals surface area contributed by atoms with Gasteiger partial charge in [-0.2, -0.15) is 0 Å². The second-order valence-corrected chi connectivity index (χ2v) is 4.94. The van der Waals surface area contributed by atoms with Crippen molar-refractivity contribution in [3.8, 4) is 0 Å². The molecule has 2 atom stereocenters. The van der Waals surface area contributed by atoms with E-state index < -0.39 is 0 Å². The molecule has 0 radical (unpaired) electrons. The zero-order chi connectivity index (χ0) is 11.7. The molecule has 0 saturated heterocycles. The highest BCUT2D eigenvalue weighted by molar-refractivity contribution is 5.63. The van der Waals surface area contributed by atoms with Gasteiger partial charge in [0, 0.05) is 24.1 Å². The molecule has 1 aromatic rings. The van der Waals surface area contributed by atoms with Crippen LogP contribution in [0.15, 0.2) is 6.33 Å². The maximum absolute atomic E-state index is 4.36. The van der Waals surface area contributed by atoms with Crippen LogP contribution in [0.1, 0.15) is 39.2 Å². The highest BCUT2D eigenvalue weighted by Gasteiger charge is 2.24. The summed E-state index contributed by atoms with van der Waals surface area (Å²) in [6.45, 7) is 9.76. The molecule has 0 spiro atoms. The first-order chi connectivity index (χ1) is 7.59. The van der Waals surface area contributed by atoms with Crippen molar-refractivity contribution in [1.29, 1.82) is 0 Å². The number of hydrogen-bond acceptors (Lipinski definition) is 4. The van der Waals surface area contributed by atoms with Crippen molar-refractivity contribution >= 4 is 11.6 Å². The molecule has 0 saturated carbocycles. The average molecular weight is 220 g/mol. The second-order valence-electron chi connectivity index (χ2n) is 4.94. The van der Waals surface area contributed by atoms with Gasteiger partial charge < -0.3 is 10.6 Å². The molecule has 0 aromatic carbocycles. The molecule has 2 unspecified atom stereocenters. The van der Waals surface area contributed by atoms with Gasteiger partial charge in [0.25, 0.3) is 0 Å². The molecule has 2 N–H and O–H groups in total. The Morgan fingerprint density at radius 2 is 2.12 bits per heavy atom. The lowest BCUT2D eigenvalue weighted by Crippen LogP contribution is -2.23. The summed E-state index contributed by atoms with van der Waals surface area (Å²) in [4.78, 5) is 8.62. The lowest BCUT2D eigenvalue weighted by atomic mass is 10.0. The van der Waals surface area contributed by atoms with Crippen LogP contribution in [0.4, 0.5) is 11.6 Å². The Hall–Kier alpha value is -1.32. The molecule has 2 rings (SSSR count). The van der Waals surface area contributed by atoms with Gasteiger partial charge in [0.2, 0.25) is 0 Å². The zero-order valence-corrected chi connectivity index (χ0v) is 10.4. The Balaban J connectivity index is 2.25. The fraction of sp³-hybridized carbons (Fsp3) is 0.667. The highest BCUT2D eigenvalue weighted by atomic mass is 15.1. The lowest BCUT2D eigenvalue weighted by Gasteiger charge is -2.20. The fourth-order valence-electron chi connectivity index (χ4n) is 1.85. The van der Waals surface area contributed by atoms with Gasteiger partial charge in [-0.05, 0) is 12.8 Å². The molecule has 0 amide bonds. The lowest BCUT2D eigenvalue weighted by molar-refractivity contribution is 0.557. The van der Waals surface area contributed by atoms with Gasteiger partial charge in [-0.1, -0.05) is 20.8 Å². The number of nitrogens with zero attached hydrogens (tertiary/aromatic N) is 2. The van der Waals surface area contributed by atoms with Crippen LogP contribution in [-0.4, -0.2) is 22.6 Å². The molecule has 4 heteroatoms. The molecule has 4 nitrogen and oxygen atoms in total. The first-order valence-electron chi connectivity index (χ1n) is 5.95. The van der Waals surface area contributed by atoms with Gasteiger partial charge in [0.15, 0.2) is 0 Å². The van der Waals surface area contributed by atoms with E-state index in [1.54, 1.807) is 6.33 Å². The maximum Gasteiger partial charge on any atom is 0.135 e. The maximum atomic E-state index is 4.36. The molecule has 1 aliphatic heterocycles. The van der Waals surface area contributed by atoms with Crippen LogP contribution in [0.5, 0.6) is 0 Å². The van der Waals surface area contributed by atoms with Gasteiger partial charge in [-0.3, -0.25) is 0 Å². The summed E-state index contributed by atoms with van der Waals surface area (Å²) in [5.41, 5.74) is 1.23. The molecular weight excluding hydrogens is 200 g/mol. The van der Waals surface area contributed by atoms with Crippen LogP contribution in [0.3, 0.4) is 0 Å². The van der Waals surface area contributed by atoms with E-state index in [-0.39, 0.29) is 0 Å². The number of nitrogens with one attached hydrogen (secondary N) is 2. The van der Waals surface area contributed by atoms with Crippen molar-refractivity contribution in [2.75, 3.05) is 17.2 Å². The van der Waals surface area contributed by atoms with Gasteiger partial charge in [-0.15, -0.1) is 0 Å². The third-order valence-corrected chi connectivity index (χ3v) is 3.32. The van der Waals surface area contributed by atoms with Crippen molar-refractivity contribution in [3.05, 3.63) is 11.9 Å². The molecule has 1 aromatic heterocycles. The molecule has 2 heterocycles. The first-order valence-corrected chi connectivity index (χ1v) is 5.95. The van der Waals surface area contributed by atoms with E-state index in [1.807, 2.05) is 0 Å². The Morgan fingerprint density at radius 1 is 1.38 bits per heavy atom. The summed E-state index contributed by atoms with van der Waals surface area (Å²) in [7, 11) is 0. The number of aromatic nitrogens is 2. The van der Waals surface area contributed by atoms with Gasteiger partial charge in [0.1, 0.15) is 18.0 Å². The number of anilines is 2. The molecular formula is C12H20N4. The minimum atomic E-state index is 0.423. The van der Waals surface area contributed by atoms with Crippen molar-refractivity contribution in [2.24, 2.45) is 5.92 Å². The molecule has 0 bridgehead atoms. The topological polar surface area (TPSA) is 49.8 Å². The Labute approximate surface area is 96.9 Å². The summed E-state index contributed by atoms with van der Waals surface area (Å²) in [6, 6.07) is 0.423. The van der Waals surface area contributed by atoms with E-state index in [0.29, 0.717) is 17.9 Å². The molecule has 16 heavy (non-hydrogen) atoms. The van der Waals surface area contributed by atoms with E-state index in [4.69, 9.17) is 0 Å². The van der Waals surface area contributed by atoms with E-state index in [0.717, 1.165) is 18.2 Å². The van der Waals surface area contributed by atoms with Gasteiger partial charge >= 0.3 is 0 Å². The fourth-order valence-corrected chi connectivity index (χ4v) is 1.85. The minimum absolute atomic E-state index is 0.423. The summed E-state index contributed by atoms with van der Waals surface area (Å²) in [5, 5.41) is 6.78. The standard InChI is InChI=1S/C12H20N4/c1-7(2)9(4)16-12-10-8(3)5-13-11(10)14-6-15-12/h6-9H,5H2,1-4H3,(H2,13,14,15,16). The van der Waals surface area contributed by atoms with Gasteiger partial charge in [0.05, 0.1) is 0 Å². The number of fused-ring (bicyclic) bond motifs is 1. The van der Waals surface area contributed by atoms with E-state index in [9.17, 15) is 0 Å². The monoisotopic (exact) mass is 220 g/mol. The zero-order valence-electron chi connectivity index (χ0n) is 10.4. The van der Waals surface area contributed by atoms with E-state index in [2.05, 4.69) is 48.3 Å². The predicted molar refractivity (Wildman–Crippen MR) is 66.9 cm³/mol. The quantitative estimate of drug-likeness (QED) is 0.821. The molecule has 88 valence electrons. The van der Waals surface area contributed by atoms with Crippen LogP contribution in [0.2, 0.25) is 0 Å². The SMILES string of the molecule is CC1CNc2ncnc(NC(C)C(C)C)c21. The smallest absolute Gasteiger partial charge is 0.135 e. The average Bonchev–Trinajstić information content (AvgIpc) is 2.61. The summed E-state index contributed by atoms with van der Waals surface area (Å²) < 4.78 is 0. The number of rotatable bonds is 3. The minimum Gasteiger partial charge on any atom is -0.369 e. The summed E-state index contributed by atoms with van der Waals surface area (Å²) in [5.74, 6) is 3.05. The van der Waals surface area contributed by atoms with E-state index >= 15 is 0 Å². The predicted octanol–water partition coefficient (Wildman–Crippen LogP) is 2.46. The van der Waals surface area contributed by atoms with E-state index in [1.165, 1.54) is 5.56 Å².